The zero-order valence-corrected chi connectivity index (χ0v) is 74.5. The molecular formula is C90H176N4O6S. The van der Waals surface area contributed by atoms with Gasteiger partial charge in [-0.15, -0.1) is 0 Å². The second-order valence-electron chi connectivity index (χ2n) is 24.8. The van der Waals surface area contributed by atoms with Gasteiger partial charge >= 0.3 is 0 Å². The van der Waals surface area contributed by atoms with Crippen LogP contribution in [0, 0.1) is 17.8 Å². The molecule has 0 radical (unpaired) electrons. The Balaban J connectivity index is -0.0000000748. The van der Waals surface area contributed by atoms with E-state index in [0.717, 1.165) is 82.1 Å². The van der Waals surface area contributed by atoms with Crippen LogP contribution in [0.25, 0.3) is 10.9 Å². The zero-order valence-electron chi connectivity index (χ0n) is 73.6. The highest BCUT2D eigenvalue weighted by Crippen LogP contribution is 2.17. The molecule has 0 atom stereocenters. The Kier molecular flexibility index (Phi) is 141. The molecule has 0 saturated heterocycles. The summed E-state index contributed by atoms with van der Waals surface area (Å²) in [5, 5.41) is 18.3. The van der Waals surface area contributed by atoms with Crippen LogP contribution in [0.4, 0.5) is 0 Å². The summed E-state index contributed by atoms with van der Waals surface area (Å²) in [6, 6.07) is 30.2. The smallest absolute Gasteiger partial charge is 0.129 e. The predicted molar refractivity (Wildman–Crippen MR) is 467 cm³/mol. The minimum Gasteiger partial charge on any atom is -0.508 e. The summed E-state index contributed by atoms with van der Waals surface area (Å²) in [4.78, 5) is 50.0. The number of aliphatic hydroxyl groups excluding tert-OH is 1. The number of nitrogens with one attached hydrogen (secondary N) is 2. The van der Waals surface area contributed by atoms with Crippen LogP contribution in [0.5, 0.6) is 5.75 Å². The Morgan fingerprint density at radius 2 is 0.832 bits per heavy atom. The van der Waals surface area contributed by atoms with Crippen LogP contribution in [-0.2, 0) is 44.9 Å². The number of Topliss-reactive ketones (excluding diaryl/α,β-unsaturated/α-hetero) is 4. The average Bonchev–Trinajstić information content (AvgIpc) is 1.71. The molecule has 5 rings (SSSR count). The Bertz CT molecular complexity index is 2190. The monoisotopic (exact) mass is 1440 g/mol. The van der Waals surface area contributed by atoms with Gasteiger partial charge in [-0.05, 0) is 177 Å². The summed E-state index contributed by atoms with van der Waals surface area (Å²) in [7, 11) is 0. The normalized spacial score (nSPS) is 8.97. The first-order chi connectivity index (χ1) is 47.7. The molecule has 10 nitrogen and oxygen atoms in total. The van der Waals surface area contributed by atoms with E-state index < -0.39 is 0 Å². The van der Waals surface area contributed by atoms with E-state index in [1.807, 2.05) is 105 Å². The quantitative estimate of drug-likeness (QED) is 0.0290. The third kappa shape index (κ3) is 158. The summed E-state index contributed by atoms with van der Waals surface area (Å²) in [6.45, 7) is 69.6. The molecule has 0 fully saturated rings. The van der Waals surface area contributed by atoms with Crippen molar-refractivity contribution in [2.24, 2.45) is 28.5 Å². The van der Waals surface area contributed by atoms with Gasteiger partial charge in [0, 0.05) is 67.3 Å². The maximum Gasteiger partial charge on any atom is 0.129 e. The molecule has 2 aromatic heterocycles. The van der Waals surface area contributed by atoms with Gasteiger partial charge in [-0.25, -0.2) is 0 Å². The summed E-state index contributed by atoms with van der Waals surface area (Å²) < 4.78 is 0. The number of ketones is 4. The number of hydrogen-bond acceptors (Lipinski definition) is 8. The van der Waals surface area contributed by atoms with Gasteiger partial charge in [0.05, 0.1) is 5.84 Å². The molecule has 0 saturated carbocycles. The first-order valence-electron chi connectivity index (χ1n) is 39.6. The molecule has 6 N–H and O–H groups in total. The number of amidine groups is 1. The van der Waals surface area contributed by atoms with Gasteiger partial charge in [0.25, 0.3) is 0 Å². The molecule has 0 spiro atoms. The average molecular weight is 1440 g/mol. The Morgan fingerprint density at radius 3 is 1.05 bits per heavy atom. The van der Waals surface area contributed by atoms with E-state index in [-0.39, 0.29) is 29.2 Å². The van der Waals surface area contributed by atoms with Gasteiger partial charge in [-0.2, -0.15) is 11.8 Å². The van der Waals surface area contributed by atoms with Crippen molar-refractivity contribution in [3.63, 3.8) is 0 Å². The summed E-state index contributed by atoms with van der Waals surface area (Å²) in [6.07, 6.45) is 28.2. The number of phenols is 1. The van der Waals surface area contributed by atoms with Crippen LogP contribution in [0.1, 0.15) is 361 Å². The first-order valence-corrected chi connectivity index (χ1v) is 41.0. The van der Waals surface area contributed by atoms with Gasteiger partial charge in [-0.1, -0.05) is 299 Å². The number of para-hydroxylation sites is 1. The van der Waals surface area contributed by atoms with Crippen molar-refractivity contribution in [1.82, 2.24) is 9.97 Å². The fraction of sp³-hybridized carbons (Fsp3) is 0.678. The lowest BCUT2D eigenvalue weighted by atomic mass is 10.1. The number of nitrogens with two attached hydrogens (primary N) is 1. The Morgan fingerprint density at radius 1 is 0.475 bits per heavy atom. The van der Waals surface area contributed by atoms with Crippen molar-refractivity contribution in [1.29, 1.82) is 0 Å². The van der Waals surface area contributed by atoms with Gasteiger partial charge in [-0.3, -0.25) is 4.99 Å². The number of aromatic amines is 2. The molecule has 0 bridgehead atoms. The molecule has 5 aromatic rings. The maximum atomic E-state index is 10.0. The van der Waals surface area contributed by atoms with Crippen molar-refractivity contribution in [3.8, 4) is 5.75 Å². The number of benzene rings is 3. The van der Waals surface area contributed by atoms with Crippen molar-refractivity contribution in [2.75, 3.05) is 18.6 Å². The second-order valence-corrected chi connectivity index (χ2v) is 25.8. The molecule has 2 heterocycles. The number of thioether (sulfide) groups is 1. The number of aromatic nitrogens is 2. The number of aliphatic hydroxyl groups is 1. The Labute approximate surface area is 635 Å². The molecular weight excluding hydrogens is 1270 g/mol. The van der Waals surface area contributed by atoms with Crippen LogP contribution in [0.15, 0.2) is 108 Å². The van der Waals surface area contributed by atoms with Crippen LogP contribution >= 0.6 is 11.8 Å². The number of unbranched alkanes of at least 4 members (excludes halogenated alkanes) is 4. The summed E-state index contributed by atoms with van der Waals surface area (Å²) >= 11 is 1.90. The topological polar surface area (TPSA) is 179 Å². The minimum atomic E-state index is -0.167. The standard InChI is InChI=1S/C10H11N.C8H10O.C8H10.C6H14N2.C6H9N.C6H14.2C5H10O.2C5H12.2C4H8O.C4H10S.C4H10.C3H8O.C3H8.2C2H6/c1-2-8-7-11-10-6-4-3-5-9(8)10;1-2-7-3-5-8(9)6-4-7;1-2-8-6-4-3-5-7-8;1-3-4-5-8-6(2)7;1-2-6-4-3-5-7-6;1-3-5-6-4-2;2*1-3-4-5(2)6;2*1-4-5(2)3;2*1-3-4(2)5;1-3-4-5-2;1-4(2)3;1-3(2)4;1-3-2;2*1-2/h3-7,11H,2H2,1H3;3-6,9H,2H2,1H3;3-7H,2H2,1H3;3-5H2,1-2H3,(H2,7,8);3-5,7H,2H2,1H3;3-6H2,1-2H3;2*3-4H2,1-2H3;2*5H,4H2,1-3H3;2*3H2,1-2H3;3-4H2,1-2H3;4H,1-3H3;3-4H,1-2H3;3H2,1-2H3;2*1-2H3. The molecule has 0 amide bonds. The molecule has 0 aliphatic heterocycles. The van der Waals surface area contributed by atoms with Crippen molar-refractivity contribution in [3.05, 3.63) is 126 Å². The highest BCUT2D eigenvalue weighted by molar-refractivity contribution is 7.98. The van der Waals surface area contributed by atoms with E-state index >= 15 is 0 Å². The summed E-state index contributed by atoms with van der Waals surface area (Å²) in [5.41, 5.74) is 11.9. The molecule has 0 aliphatic carbocycles. The third-order valence-corrected chi connectivity index (χ3v) is 12.6. The number of phenolic OH excluding ortho intramolecular Hbond substituents is 1. The zero-order chi connectivity index (χ0) is 81.6. The molecule has 0 aliphatic rings. The van der Waals surface area contributed by atoms with Crippen molar-refractivity contribution >= 4 is 51.6 Å². The van der Waals surface area contributed by atoms with E-state index in [1.54, 1.807) is 53.7 Å². The minimum absolute atomic E-state index is 0.167. The number of aromatic hydroxyl groups is 1. The number of hydrogen-bond donors (Lipinski definition) is 5. The number of carbonyl (C=O) groups is 4. The number of nitrogens with zero attached hydrogens (tertiary/aromatic N) is 1. The van der Waals surface area contributed by atoms with Crippen LogP contribution in [-0.4, -0.2) is 73.8 Å². The van der Waals surface area contributed by atoms with Crippen LogP contribution in [0.2, 0.25) is 0 Å². The molecule has 598 valence electrons. The molecule has 3 aromatic carbocycles. The van der Waals surface area contributed by atoms with Gasteiger partial charge in [0.2, 0.25) is 0 Å². The number of aliphatic imine (C=N–C) groups is 1. The van der Waals surface area contributed by atoms with Crippen LogP contribution < -0.4 is 5.73 Å². The number of carbonyl (C=O) groups excluding carboxylic acids is 4. The van der Waals surface area contributed by atoms with Crippen LogP contribution in [0.3, 0.4) is 0 Å². The van der Waals surface area contributed by atoms with Crippen molar-refractivity contribution in [2.45, 2.75) is 370 Å². The van der Waals surface area contributed by atoms with E-state index in [4.69, 9.17) is 15.9 Å². The lowest BCUT2D eigenvalue weighted by molar-refractivity contribution is -0.117. The van der Waals surface area contributed by atoms with E-state index in [0.29, 0.717) is 24.4 Å². The largest absolute Gasteiger partial charge is 0.508 e. The lowest BCUT2D eigenvalue weighted by Crippen LogP contribution is -2.05. The highest BCUT2D eigenvalue weighted by atomic mass is 32.2. The molecule has 11 heteroatoms. The fourth-order valence-corrected chi connectivity index (χ4v) is 5.69. The highest BCUT2D eigenvalue weighted by Gasteiger charge is 1.98. The maximum absolute atomic E-state index is 10.0. The van der Waals surface area contributed by atoms with E-state index in [1.165, 1.54) is 96.8 Å². The number of rotatable bonds is 20. The third-order valence-electron chi connectivity index (χ3n) is 11.8. The fourth-order valence-electron chi connectivity index (χ4n) is 5.28. The number of H-pyrrole nitrogens is 2. The second kappa shape index (κ2) is 113. The summed E-state index contributed by atoms with van der Waals surface area (Å²) in [5.74, 6) is 6.03. The molecule has 101 heavy (non-hydrogen) atoms. The van der Waals surface area contributed by atoms with E-state index in [2.05, 4.69) is 214 Å². The first kappa shape index (κ1) is 126. The number of fused-ring (bicyclic) bond motifs is 1. The Hall–Kier alpha value is -5.26. The molecule has 0 unspecified atom stereocenters. The van der Waals surface area contributed by atoms with Gasteiger partial charge in [0.15, 0.2) is 0 Å². The lowest BCUT2D eigenvalue weighted by Gasteiger charge is -1.93. The van der Waals surface area contributed by atoms with Gasteiger partial charge in [0.1, 0.15) is 28.9 Å². The van der Waals surface area contributed by atoms with Gasteiger partial charge < -0.3 is 45.1 Å². The van der Waals surface area contributed by atoms with Crippen molar-refractivity contribution < 1.29 is 29.4 Å². The van der Waals surface area contributed by atoms with E-state index in [9.17, 15) is 19.2 Å². The SMILES string of the molecule is CC.CC.CC(C)C.CC(C)O.CCC.CCC(C)=O.CCC(C)=O.CCC(C)C.CCC(C)C.CCCC(C)=O.CCCC(C)=O.CCCCCC.CCCCN=C(C)N.CCCSC.CCc1c[nH]c2ccccc12.CCc1ccc(O)cc1.CCc1ccc[nH]1.CCc1ccccc1. The number of aryl methyl sites for hydroxylation is 4. The predicted octanol–water partition coefficient (Wildman–Crippen LogP) is 28.4.